The van der Waals surface area contributed by atoms with Gasteiger partial charge < -0.3 is 10.6 Å². The molecule has 0 aliphatic rings. The van der Waals surface area contributed by atoms with Gasteiger partial charge in [-0.3, -0.25) is 5.32 Å². The van der Waals surface area contributed by atoms with Crippen molar-refractivity contribution in [2.24, 2.45) is 11.6 Å². The third-order valence-electron chi connectivity index (χ3n) is 4.00. The Kier molecular flexibility index (Phi) is 12.6. The predicted octanol–water partition coefficient (Wildman–Crippen LogP) is 2.98. The van der Waals surface area contributed by atoms with E-state index < -0.39 is 11.6 Å². The Labute approximate surface area is 130 Å². The Hall–Kier alpha value is -0.650. The van der Waals surface area contributed by atoms with Crippen molar-refractivity contribution in [3.05, 3.63) is 0 Å². The van der Waals surface area contributed by atoms with Crippen molar-refractivity contribution >= 4 is 5.97 Å². The van der Waals surface area contributed by atoms with E-state index in [4.69, 9.17) is 11.6 Å². The standard InChI is InChI=1S/C16H35N3O2/c1-3-5-6-7-8-9-10-11-12-13-14-19-16(17,4-2)15(20)21-18/h19H,3-14,17-18H2,1-2H3. The van der Waals surface area contributed by atoms with Gasteiger partial charge in [-0.2, -0.15) is 5.90 Å². The third kappa shape index (κ3) is 9.82. The fourth-order valence-corrected chi connectivity index (χ4v) is 2.37. The molecule has 0 aliphatic heterocycles. The molecule has 0 fully saturated rings. The predicted molar refractivity (Wildman–Crippen MR) is 87.3 cm³/mol. The number of hydrogen-bond donors (Lipinski definition) is 3. The van der Waals surface area contributed by atoms with Crippen molar-refractivity contribution in [2.75, 3.05) is 6.54 Å². The number of nitrogens with two attached hydrogens (primary N) is 2. The Balaban J connectivity index is 3.45. The fraction of sp³-hybridized carbons (Fsp3) is 0.938. The Morgan fingerprint density at radius 1 is 0.952 bits per heavy atom. The van der Waals surface area contributed by atoms with E-state index in [1.165, 1.54) is 57.8 Å². The van der Waals surface area contributed by atoms with Gasteiger partial charge in [0.2, 0.25) is 0 Å². The molecule has 5 N–H and O–H groups in total. The minimum Gasteiger partial charge on any atom is -0.371 e. The highest BCUT2D eigenvalue weighted by Crippen LogP contribution is 2.10. The number of rotatable bonds is 14. The molecule has 0 amide bonds. The van der Waals surface area contributed by atoms with Crippen LogP contribution in [-0.2, 0) is 9.63 Å². The Morgan fingerprint density at radius 3 is 1.86 bits per heavy atom. The molecule has 0 saturated carbocycles. The number of unbranched alkanes of at least 4 members (excludes halogenated alkanes) is 9. The molecule has 0 bridgehead atoms. The highest BCUT2D eigenvalue weighted by atomic mass is 16.7. The molecular formula is C16H35N3O2. The summed E-state index contributed by atoms with van der Waals surface area (Å²) in [4.78, 5) is 15.7. The molecule has 0 spiro atoms. The van der Waals surface area contributed by atoms with Crippen LogP contribution in [0.2, 0.25) is 0 Å². The maximum atomic E-state index is 11.4. The molecule has 1 unspecified atom stereocenters. The molecule has 1 atom stereocenters. The zero-order valence-electron chi connectivity index (χ0n) is 14.0. The first-order chi connectivity index (χ1) is 10.1. The van der Waals surface area contributed by atoms with Crippen molar-refractivity contribution in [2.45, 2.75) is 90.1 Å². The normalized spacial score (nSPS) is 13.9. The average Bonchev–Trinajstić information content (AvgIpc) is 2.51. The van der Waals surface area contributed by atoms with Gasteiger partial charge >= 0.3 is 5.97 Å². The van der Waals surface area contributed by atoms with Crippen molar-refractivity contribution in [1.29, 1.82) is 0 Å². The molecule has 0 saturated heterocycles. The van der Waals surface area contributed by atoms with Crippen LogP contribution in [0.25, 0.3) is 0 Å². The van der Waals surface area contributed by atoms with Gasteiger partial charge in [-0.1, -0.05) is 71.6 Å². The summed E-state index contributed by atoms with van der Waals surface area (Å²) in [6.07, 6.45) is 13.3. The summed E-state index contributed by atoms with van der Waals surface area (Å²) in [6.45, 7) is 4.80. The van der Waals surface area contributed by atoms with Crippen LogP contribution in [0.15, 0.2) is 0 Å². The van der Waals surface area contributed by atoms with E-state index in [-0.39, 0.29) is 0 Å². The van der Waals surface area contributed by atoms with Crippen molar-refractivity contribution in [3.63, 3.8) is 0 Å². The molecular weight excluding hydrogens is 266 g/mol. The SMILES string of the molecule is CCCCCCCCCCCCNC(N)(CC)C(=O)ON. The van der Waals surface area contributed by atoms with Crippen LogP contribution in [0, 0.1) is 0 Å². The number of nitrogens with one attached hydrogen (secondary N) is 1. The van der Waals surface area contributed by atoms with Crippen LogP contribution in [0.5, 0.6) is 0 Å². The first-order valence-corrected chi connectivity index (χ1v) is 8.55. The number of carbonyl (C=O) groups excluding carboxylic acids is 1. The van der Waals surface area contributed by atoms with E-state index in [1.54, 1.807) is 0 Å². The summed E-state index contributed by atoms with van der Waals surface area (Å²) in [6, 6.07) is 0. The highest BCUT2D eigenvalue weighted by molar-refractivity contribution is 5.79. The van der Waals surface area contributed by atoms with E-state index in [0.29, 0.717) is 6.42 Å². The van der Waals surface area contributed by atoms with Crippen LogP contribution in [0.1, 0.15) is 84.5 Å². The summed E-state index contributed by atoms with van der Waals surface area (Å²) in [5, 5.41) is 3.04. The largest absolute Gasteiger partial charge is 0.371 e. The smallest absolute Gasteiger partial charge is 0.359 e. The lowest BCUT2D eigenvalue weighted by atomic mass is 10.1. The molecule has 0 heterocycles. The van der Waals surface area contributed by atoms with Crippen LogP contribution < -0.4 is 16.9 Å². The minimum absolute atomic E-state index is 0.459. The molecule has 0 aromatic rings. The molecule has 21 heavy (non-hydrogen) atoms. The second-order valence-electron chi connectivity index (χ2n) is 5.84. The number of hydrogen-bond acceptors (Lipinski definition) is 5. The second kappa shape index (κ2) is 13.0. The first kappa shape index (κ1) is 20.3. The minimum atomic E-state index is -1.14. The highest BCUT2D eigenvalue weighted by Gasteiger charge is 2.32. The lowest BCUT2D eigenvalue weighted by molar-refractivity contribution is -0.152. The van der Waals surface area contributed by atoms with Crippen LogP contribution >= 0.6 is 0 Å². The fourth-order valence-electron chi connectivity index (χ4n) is 2.37. The number of carbonyl (C=O) groups is 1. The van der Waals surface area contributed by atoms with E-state index >= 15 is 0 Å². The molecule has 0 rings (SSSR count). The van der Waals surface area contributed by atoms with Crippen molar-refractivity contribution in [3.8, 4) is 0 Å². The molecule has 0 radical (unpaired) electrons. The molecule has 0 aliphatic carbocycles. The molecule has 0 aromatic heterocycles. The van der Waals surface area contributed by atoms with Gasteiger partial charge in [-0.15, -0.1) is 0 Å². The van der Waals surface area contributed by atoms with E-state index in [1.807, 2.05) is 6.92 Å². The summed E-state index contributed by atoms with van der Waals surface area (Å²) in [5.74, 6) is 4.29. The van der Waals surface area contributed by atoms with E-state index in [9.17, 15) is 4.79 Å². The summed E-state index contributed by atoms with van der Waals surface area (Å²) < 4.78 is 0. The zero-order chi connectivity index (χ0) is 16.0. The molecule has 5 heteroatoms. The first-order valence-electron chi connectivity index (χ1n) is 8.55. The summed E-state index contributed by atoms with van der Waals surface area (Å²) in [7, 11) is 0. The second-order valence-corrected chi connectivity index (χ2v) is 5.84. The summed E-state index contributed by atoms with van der Waals surface area (Å²) in [5.41, 5.74) is 4.76. The van der Waals surface area contributed by atoms with Crippen LogP contribution in [-0.4, -0.2) is 18.2 Å². The Morgan fingerprint density at radius 2 is 1.43 bits per heavy atom. The van der Waals surface area contributed by atoms with Crippen LogP contribution in [0.4, 0.5) is 0 Å². The monoisotopic (exact) mass is 301 g/mol. The molecule has 5 nitrogen and oxygen atoms in total. The van der Waals surface area contributed by atoms with Crippen molar-refractivity contribution < 1.29 is 9.63 Å². The van der Waals surface area contributed by atoms with Crippen LogP contribution in [0.3, 0.4) is 0 Å². The van der Waals surface area contributed by atoms with Gasteiger partial charge in [0.15, 0.2) is 5.66 Å². The quantitative estimate of drug-likeness (QED) is 0.261. The van der Waals surface area contributed by atoms with E-state index in [0.717, 1.165) is 13.0 Å². The molecule has 126 valence electrons. The van der Waals surface area contributed by atoms with Gasteiger partial charge in [-0.05, 0) is 19.4 Å². The Bertz CT molecular complexity index is 262. The lowest BCUT2D eigenvalue weighted by Gasteiger charge is -2.25. The van der Waals surface area contributed by atoms with Gasteiger partial charge in [0, 0.05) is 0 Å². The van der Waals surface area contributed by atoms with Gasteiger partial charge in [0.05, 0.1) is 0 Å². The zero-order valence-corrected chi connectivity index (χ0v) is 14.0. The topological polar surface area (TPSA) is 90.4 Å². The average molecular weight is 301 g/mol. The lowest BCUT2D eigenvalue weighted by Crippen LogP contribution is -2.60. The van der Waals surface area contributed by atoms with Gasteiger partial charge in [0.1, 0.15) is 0 Å². The summed E-state index contributed by atoms with van der Waals surface area (Å²) >= 11 is 0. The van der Waals surface area contributed by atoms with Gasteiger partial charge in [0.25, 0.3) is 0 Å². The van der Waals surface area contributed by atoms with Crippen molar-refractivity contribution in [1.82, 2.24) is 5.32 Å². The van der Waals surface area contributed by atoms with E-state index in [2.05, 4.69) is 17.1 Å². The maximum absolute atomic E-state index is 11.4. The molecule has 0 aromatic carbocycles. The maximum Gasteiger partial charge on any atom is 0.359 e. The van der Waals surface area contributed by atoms with Gasteiger partial charge in [-0.25, -0.2) is 4.79 Å². The third-order valence-corrected chi connectivity index (χ3v) is 4.00.